The highest BCUT2D eigenvalue weighted by Crippen LogP contribution is 2.24. The van der Waals surface area contributed by atoms with Gasteiger partial charge in [-0.3, -0.25) is 0 Å². The van der Waals surface area contributed by atoms with Crippen LogP contribution < -0.4 is 4.74 Å². The second-order valence-corrected chi connectivity index (χ2v) is 4.85. The van der Waals surface area contributed by atoms with Gasteiger partial charge in [0.1, 0.15) is 11.3 Å². The zero-order valence-corrected chi connectivity index (χ0v) is 12.2. The van der Waals surface area contributed by atoms with Crippen LogP contribution in [0.5, 0.6) is 5.88 Å². The van der Waals surface area contributed by atoms with Gasteiger partial charge < -0.3 is 9.30 Å². The van der Waals surface area contributed by atoms with Gasteiger partial charge >= 0.3 is 6.18 Å². The maximum absolute atomic E-state index is 12.1. The number of aryl methyl sites for hydroxylation is 1. The van der Waals surface area contributed by atoms with E-state index in [-0.39, 0.29) is 12.3 Å². The third-order valence-corrected chi connectivity index (χ3v) is 3.31. The smallest absolute Gasteiger partial charge is 0.389 e. The van der Waals surface area contributed by atoms with Crippen molar-refractivity contribution in [3.8, 4) is 5.88 Å². The van der Waals surface area contributed by atoms with Crippen LogP contribution in [0.2, 0.25) is 0 Å². The molecule has 2 heterocycles. The topological polar surface area (TPSA) is 39.9 Å². The van der Waals surface area contributed by atoms with E-state index in [1.54, 1.807) is 16.7 Å². The third-order valence-electron chi connectivity index (χ3n) is 3.07. The van der Waals surface area contributed by atoms with Crippen LogP contribution >= 0.6 is 11.6 Å². The largest absolute Gasteiger partial charge is 0.481 e. The zero-order valence-electron chi connectivity index (χ0n) is 11.5. The molecule has 0 aliphatic rings. The molecule has 21 heavy (non-hydrogen) atoms. The summed E-state index contributed by atoms with van der Waals surface area (Å²) in [5, 5.41) is 0. The Morgan fingerprint density at radius 3 is 2.62 bits per heavy atom. The molecule has 0 saturated heterocycles. The van der Waals surface area contributed by atoms with Crippen LogP contribution in [0.4, 0.5) is 13.2 Å². The Morgan fingerprint density at radius 1 is 1.24 bits per heavy atom. The molecule has 2 aromatic rings. The van der Waals surface area contributed by atoms with Crippen molar-refractivity contribution >= 4 is 22.8 Å². The first-order chi connectivity index (χ1) is 9.94. The third kappa shape index (κ3) is 4.00. The average molecular weight is 322 g/mol. The van der Waals surface area contributed by atoms with Crippen molar-refractivity contribution in [1.82, 2.24) is 14.5 Å². The van der Waals surface area contributed by atoms with Gasteiger partial charge in [0.2, 0.25) is 5.88 Å². The Bertz CT molecular complexity index is 612. The van der Waals surface area contributed by atoms with Gasteiger partial charge in [0, 0.05) is 19.0 Å². The number of hydrogen-bond donors (Lipinski definition) is 0. The summed E-state index contributed by atoms with van der Waals surface area (Å²) in [5.41, 5.74) is 1.24. The number of pyridine rings is 1. The van der Waals surface area contributed by atoms with Gasteiger partial charge in [-0.15, -0.1) is 11.6 Å². The number of alkyl halides is 4. The average Bonchev–Trinajstić information content (AvgIpc) is 2.79. The number of nitrogens with zero attached hydrogens (tertiary/aromatic N) is 3. The molecule has 0 saturated carbocycles. The summed E-state index contributed by atoms with van der Waals surface area (Å²) in [6.07, 6.45) is -4.46. The van der Waals surface area contributed by atoms with Gasteiger partial charge in [-0.1, -0.05) is 0 Å². The molecule has 0 atom stereocenters. The normalized spacial score (nSPS) is 12.0. The molecule has 2 aromatic heterocycles. The van der Waals surface area contributed by atoms with Crippen LogP contribution in [0.3, 0.4) is 0 Å². The van der Waals surface area contributed by atoms with E-state index in [0.29, 0.717) is 35.8 Å². The lowest BCUT2D eigenvalue weighted by atomic mass is 10.2. The summed E-state index contributed by atoms with van der Waals surface area (Å²) in [5.74, 6) is 1.21. The number of rotatable bonds is 6. The zero-order chi connectivity index (χ0) is 15.5. The predicted octanol–water partition coefficient (Wildman–Crippen LogP) is 3.91. The summed E-state index contributed by atoms with van der Waals surface area (Å²) in [7, 11) is 1.50. The van der Waals surface area contributed by atoms with E-state index in [4.69, 9.17) is 16.3 Å². The fraction of sp³-hybridized carbons (Fsp3) is 0.538. The Kier molecular flexibility index (Phi) is 4.92. The first kappa shape index (κ1) is 15.9. The minimum absolute atomic E-state index is 0.0644. The summed E-state index contributed by atoms with van der Waals surface area (Å²) in [4.78, 5) is 8.61. The van der Waals surface area contributed by atoms with Crippen molar-refractivity contribution in [2.45, 2.75) is 37.9 Å². The molecule has 0 radical (unpaired) electrons. The first-order valence-corrected chi connectivity index (χ1v) is 7.01. The molecular formula is C13H15ClF3N3O. The molecule has 0 aliphatic heterocycles. The summed E-state index contributed by atoms with van der Waals surface area (Å²) in [6.45, 7) is 0.398. The number of unbranched alkanes of at least 4 members (excludes halogenated alkanes) is 1. The van der Waals surface area contributed by atoms with Crippen LogP contribution in [-0.2, 0) is 12.4 Å². The molecule has 116 valence electrons. The van der Waals surface area contributed by atoms with E-state index in [9.17, 15) is 13.2 Å². The Morgan fingerprint density at radius 2 is 2.00 bits per heavy atom. The highest BCUT2D eigenvalue weighted by Gasteiger charge is 2.26. The lowest BCUT2D eigenvalue weighted by Gasteiger charge is -2.09. The van der Waals surface area contributed by atoms with Crippen LogP contribution in [0.15, 0.2) is 12.1 Å². The van der Waals surface area contributed by atoms with Crippen LogP contribution in [0, 0.1) is 0 Å². The first-order valence-electron chi connectivity index (χ1n) is 6.47. The number of imidazole rings is 1. The molecule has 8 heteroatoms. The van der Waals surface area contributed by atoms with Gasteiger partial charge in [-0.05, 0) is 18.9 Å². The van der Waals surface area contributed by atoms with Crippen LogP contribution in [0.1, 0.15) is 25.1 Å². The van der Waals surface area contributed by atoms with Gasteiger partial charge in [-0.2, -0.15) is 18.2 Å². The van der Waals surface area contributed by atoms with Crippen molar-refractivity contribution in [3.05, 3.63) is 18.0 Å². The number of fused-ring (bicyclic) bond motifs is 1. The van der Waals surface area contributed by atoms with Crippen molar-refractivity contribution in [2.24, 2.45) is 0 Å². The molecule has 0 bridgehead atoms. The number of ether oxygens (including phenoxy) is 1. The Balaban J connectivity index is 2.16. The second kappa shape index (κ2) is 6.51. The molecule has 0 aliphatic carbocycles. The maximum atomic E-state index is 12.1. The molecule has 0 unspecified atom stereocenters. The van der Waals surface area contributed by atoms with E-state index in [1.165, 1.54) is 7.11 Å². The minimum Gasteiger partial charge on any atom is -0.481 e. The number of hydrogen-bond acceptors (Lipinski definition) is 3. The lowest BCUT2D eigenvalue weighted by Crippen LogP contribution is -2.09. The van der Waals surface area contributed by atoms with E-state index >= 15 is 0 Å². The number of methoxy groups -OCH3 is 1. The van der Waals surface area contributed by atoms with E-state index in [1.807, 2.05) is 0 Å². The molecular weight excluding hydrogens is 307 g/mol. The van der Waals surface area contributed by atoms with E-state index in [2.05, 4.69) is 9.97 Å². The van der Waals surface area contributed by atoms with Crippen molar-refractivity contribution < 1.29 is 17.9 Å². The fourth-order valence-electron chi connectivity index (χ4n) is 2.08. The van der Waals surface area contributed by atoms with Crippen LogP contribution in [0.25, 0.3) is 11.2 Å². The summed E-state index contributed by atoms with van der Waals surface area (Å²) >= 11 is 5.84. The van der Waals surface area contributed by atoms with Gasteiger partial charge in [0.05, 0.1) is 13.0 Å². The van der Waals surface area contributed by atoms with E-state index < -0.39 is 12.6 Å². The molecule has 0 N–H and O–H groups in total. The fourth-order valence-corrected chi connectivity index (χ4v) is 2.28. The number of aromatic nitrogens is 3. The Labute approximate surface area is 124 Å². The van der Waals surface area contributed by atoms with Gasteiger partial charge in [0.15, 0.2) is 5.65 Å². The van der Waals surface area contributed by atoms with Crippen LogP contribution in [-0.4, -0.2) is 27.8 Å². The standard InChI is InChI=1S/C13H15ClF3N3O/c1-21-11-5-4-9-12(19-11)20(10(8-14)18-9)7-3-2-6-13(15,16)17/h4-5H,2-3,6-8H2,1H3. The maximum Gasteiger partial charge on any atom is 0.389 e. The van der Waals surface area contributed by atoms with Crippen molar-refractivity contribution in [3.63, 3.8) is 0 Å². The summed E-state index contributed by atoms with van der Waals surface area (Å²) in [6, 6.07) is 3.44. The molecule has 2 rings (SSSR count). The lowest BCUT2D eigenvalue weighted by molar-refractivity contribution is -0.135. The molecule has 4 nitrogen and oxygen atoms in total. The Hall–Kier alpha value is -1.50. The molecule has 0 amide bonds. The quantitative estimate of drug-likeness (QED) is 0.598. The number of halogens is 4. The monoisotopic (exact) mass is 321 g/mol. The highest BCUT2D eigenvalue weighted by molar-refractivity contribution is 6.16. The predicted molar refractivity (Wildman–Crippen MR) is 73.5 cm³/mol. The molecule has 0 fully saturated rings. The van der Waals surface area contributed by atoms with Gasteiger partial charge in [-0.25, -0.2) is 4.98 Å². The summed E-state index contributed by atoms with van der Waals surface area (Å²) < 4.78 is 43.3. The van der Waals surface area contributed by atoms with E-state index in [0.717, 1.165) is 0 Å². The van der Waals surface area contributed by atoms with Gasteiger partial charge in [0.25, 0.3) is 0 Å². The highest BCUT2D eigenvalue weighted by atomic mass is 35.5. The molecule has 0 spiro atoms. The molecule has 0 aromatic carbocycles. The SMILES string of the molecule is COc1ccc2nc(CCl)n(CCCCC(F)(F)F)c2n1. The van der Waals surface area contributed by atoms with Crippen molar-refractivity contribution in [2.75, 3.05) is 7.11 Å². The van der Waals surface area contributed by atoms with Crippen molar-refractivity contribution in [1.29, 1.82) is 0 Å². The second-order valence-electron chi connectivity index (χ2n) is 4.58. The minimum atomic E-state index is -4.12.